The number of aryl methyl sites for hydroxylation is 1. The molecular weight excluding hydrogens is 404 g/mol. The monoisotopic (exact) mass is 424 g/mol. The molecule has 0 bridgehead atoms. The summed E-state index contributed by atoms with van der Waals surface area (Å²) in [4.78, 5) is 4.59. The van der Waals surface area contributed by atoms with Gasteiger partial charge < -0.3 is 4.90 Å². The first-order valence-corrected chi connectivity index (χ1v) is 9.73. The van der Waals surface area contributed by atoms with Crippen molar-refractivity contribution in [3.8, 4) is 5.69 Å². The predicted octanol–water partition coefficient (Wildman–Crippen LogP) is 3.19. The Hall–Kier alpha value is -2.21. The van der Waals surface area contributed by atoms with Gasteiger partial charge in [-0.25, -0.2) is 0 Å². The van der Waals surface area contributed by atoms with Crippen LogP contribution in [0.15, 0.2) is 17.0 Å². The Balaban J connectivity index is 0.00000280. The van der Waals surface area contributed by atoms with Crippen LogP contribution in [0, 0.1) is 0 Å². The van der Waals surface area contributed by atoms with Crippen molar-refractivity contribution in [3.05, 3.63) is 29.1 Å². The first-order chi connectivity index (χ1) is 12.4. The molecule has 0 atom stereocenters. The van der Waals surface area contributed by atoms with Gasteiger partial charge >= 0.3 is 6.18 Å². The summed E-state index contributed by atoms with van der Waals surface area (Å²) in [6.07, 6.45) is -2.71. The van der Waals surface area contributed by atoms with Crippen molar-refractivity contribution in [2.45, 2.75) is 43.2 Å². The zero-order valence-corrected chi connectivity index (χ0v) is 16.2. The van der Waals surface area contributed by atoms with Crippen molar-refractivity contribution in [2.24, 2.45) is 0 Å². The second-order valence-electron chi connectivity index (χ2n) is 6.66. The van der Waals surface area contributed by atoms with E-state index in [1.54, 1.807) is 13.0 Å². The summed E-state index contributed by atoms with van der Waals surface area (Å²) in [7, 11) is -1.53. The lowest BCUT2D eigenvalue weighted by Gasteiger charge is -2.17. The van der Waals surface area contributed by atoms with E-state index in [4.69, 9.17) is 0 Å². The fourth-order valence-corrected chi connectivity index (χ4v) is 3.71. The van der Waals surface area contributed by atoms with Crippen LogP contribution in [0.2, 0.25) is 0 Å². The molecule has 1 aromatic carbocycles. The number of benzene rings is 1. The number of alkyl halides is 3. The number of halogens is 4. The third-order valence-corrected chi connectivity index (χ3v) is 5.27. The average Bonchev–Trinajstić information content (AvgIpc) is 3.28. The van der Waals surface area contributed by atoms with E-state index in [0.29, 0.717) is 17.5 Å². The zero-order chi connectivity index (χ0) is 20.1. The summed E-state index contributed by atoms with van der Waals surface area (Å²) in [5, 5.41) is 3.56. The second kappa shape index (κ2) is 7.32. The highest BCUT2D eigenvalue weighted by Gasteiger charge is 2.38. The molecule has 28 heavy (non-hydrogen) atoms. The van der Waals surface area contributed by atoms with E-state index in [1.807, 2.05) is 0 Å². The molecular formula is C16H20F4N4O3S. The Bertz CT molecular complexity index is 983. The first-order valence-electron chi connectivity index (χ1n) is 8.29. The van der Waals surface area contributed by atoms with Gasteiger partial charge in [-0.05, 0) is 42.4 Å². The summed E-state index contributed by atoms with van der Waals surface area (Å²) in [5.41, 5.74) is 1.24. The minimum Gasteiger partial charge on any atom is -0.347 e. The first kappa shape index (κ1) is 22.1. The molecule has 3 rings (SSSR count). The number of rotatable bonds is 5. The summed E-state index contributed by atoms with van der Waals surface area (Å²) in [5.74, 6) is -1.40. The van der Waals surface area contributed by atoms with Gasteiger partial charge in [-0.3, -0.25) is 9.26 Å². The molecule has 1 saturated carbocycles. The van der Waals surface area contributed by atoms with E-state index in [9.17, 15) is 26.1 Å². The lowest BCUT2D eigenvalue weighted by Crippen LogP contribution is -2.17. The molecule has 7 nitrogen and oxygen atoms in total. The van der Waals surface area contributed by atoms with Gasteiger partial charge in [0.05, 0.1) is 10.6 Å². The maximum atomic E-state index is 13.1. The highest BCUT2D eigenvalue weighted by Crippen LogP contribution is 2.44. The Labute approximate surface area is 159 Å². The Kier molecular flexibility index (Phi) is 5.77. The Morgan fingerprint density at radius 2 is 1.89 bits per heavy atom. The third-order valence-electron chi connectivity index (χ3n) is 4.36. The van der Waals surface area contributed by atoms with Crippen LogP contribution in [-0.2, 0) is 22.7 Å². The second-order valence-corrected chi connectivity index (χ2v) is 8.05. The maximum Gasteiger partial charge on any atom is 0.453 e. The molecule has 2 aromatic rings. The van der Waals surface area contributed by atoms with E-state index >= 15 is 0 Å². The van der Waals surface area contributed by atoms with Crippen molar-refractivity contribution in [1.82, 2.24) is 14.8 Å². The van der Waals surface area contributed by atoms with Gasteiger partial charge in [0.1, 0.15) is 0 Å². The van der Waals surface area contributed by atoms with Crippen molar-refractivity contribution < 1.29 is 30.8 Å². The van der Waals surface area contributed by atoms with Gasteiger partial charge in [0.25, 0.3) is 15.9 Å². The van der Waals surface area contributed by atoms with E-state index in [1.165, 1.54) is 25.1 Å². The van der Waals surface area contributed by atoms with Gasteiger partial charge in [-0.15, -0.1) is 5.10 Å². The van der Waals surface area contributed by atoms with Crippen molar-refractivity contribution in [3.63, 3.8) is 0 Å². The molecule has 0 unspecified atom stereocenters. The average molecular weight is 424 g/mol. The lowest BCUT2D eigenvalue weighted by atomic mass is 10.0. The molecule has 1 aliphatic rings. The van der Waals surface area contributed by atoms with Crippen LogP contribution < -0.4 is 4.90 Å². The molecule has 0 amide bonds. The van der Waals surface area contributed by atoms with E-state index in [0.717, 1.165) is 17.5 Å². The smallest absolute Gasteiger partial charge is 0.347 e. The number of nitrogens with zero attached hydrogens (tertiary/aromatic N) is 4. The molecule has 1 heterocycles. The summed E-state index contributed by atoms with van der Waals surface area (Å²) < 4.78 is 73.6. The topological polar surface area (TPSA) is 88.3 Å². The van der Waals surface area contributed by atoms with Crippen molar-refractivity contribution in [1.29, 1.82) is 0 Å². The molecule has 1 fully saturated rings. The molecule has 156 valence electrons. The number of aromatic nitrogens is 3. The standard InChI is InChI=1S/C16H19F3N4O3S.FH/c1-4-9-7-11(10-5-6-10)13(27(24,25)26)8-12(9)23-15(22(2)3)20-14(21-23)16(17,18)19;/h7-8,10H,4-6H2,1-3H3,(H,24,25,26);1H. The molecule has 0 saturated heterocycles. The van der Waals surface area contributed by atoms with Crippen molar-refractivity contribution >= 4 is 16.1 Å². The minimum absolute atomic E-state index is 0. The van der Waals surface area contributed by atoms with E-state index < -0.39 is 22.1 Å². The fraction of sp³-hybridized carbons (Fsp3) is 0.500. The zero-order valence-electron chi connectivity index (χ0n) is 15.4. The van der Waals surface area contributed by atoms with Crippen molar-refractivity contribution in [2.75, 3.05) is 19.0 Å². The van der Waals surface area contributed by atoms with Gasteiger partial charge in [-0.2, -0.15) is 31.3 Å². The largest absolute Gasteiger partial charge is 0.453 e. The predicted molar refractivity (Wildman–Crippen MR) is 94.4 cm³/mol. The van der Waals surface area contributed by atoms with Crippen LogP contribution in [0.25, 0.3) is 5.69 Å². The SMILES string of the molecule is CCc1cc(C2CC2)c(S(=O)(=O)O)cc1-n1nc(C(F)(F)F)nc1N(C)C.F. The molecule has 0 spiro atoms. The van der Waals surface area contributed by atoms with Crippen LogP contribution in [0.1, 0.15) is 42.6 Å². The molecule has 1 aliphatic carbocycles. The molecule has 1 aromatic heterocycles. The summed E-state index contributed by atoms with van der Waals surface area (Å²) >= 11 is 0. The van der Waals surface area contributed by atoms with E-state index in [2.05, 4.69) is 10.1 Å². The maximum absolute atomic E-state index is 13.1. The number of hydrogen-bond donors (Lipinski definition) is 1. The number of hydrogen-bond acceptors (Lipinski definition) is 5. The van der Waals surface area contributed by atoms with Crippen LogP contribution in [0.4, 0.5) is 23.8 Å². The number of anilines is 1. The van der Waals surface area contributed by atoms with Gasteiger partial charge in [0.15, 0.2) is 0 Å². The lowest BCUT2D eigenvalue weighted by molar-refractivity contribution is -0.144. The van der Waals surface area contributed by atoms with Gasteiger partial charge in [0.2, 0.25) is 5.95 Å². The summed E-state index contributed by atoms with van der Waals surface area (Å²) in [6.45, 7) is 1.81. The fourth-order valence-electron chi connectivity index (χ4n) is 2.93. The van der Waals surface area contributed by atoms with Crippen LogP contribution in [0.5, 0.6) is 0 Å². The molecule has 0 radical (unpaired) electrons. The highest BCUT2D eigenvalue weighted by molar-refractivity contribution is 7.85. The molecule has 0 aliphatic heterocycles. The summed E-state index contributed by atoms with van der Waals surface area (Å²) in [6, 6.07) is 2.81. The minimum atomic E-state index is -4.75. The van der Waals surface area contributed by atoms with Crippen LogP contribution >= 0.6 is 0 Å². The van der Waals surface area contributed by atoms with Crippen LogP contribution in [-0.4, -0.2) is 41.8 Å². The quantitative estimate of drug-likeness (QED) is 0.586. The Morgan fingerprint density at radius 3 is 2.32 bits per heavy atom. The molecule has 12 heteroatoms. The molecule has 1 N–H and O–H groups in total. The van der Waals surface area contributed by atoms with Crippen LogP contribution in [0.3, 0.4) is 0 Å². The van der Waals surface area contributed by atoms with E-state index in [-0.39, 0.29) is 27.2 Å². The Morgan fingerprint density at radius 1 is 1.29 bits per heavy atom. The van der Waals surface area contributed by atoms with Gasteiger partial charge in [0, 0.05) is 14.1 Å². The third kappa shape index (κ3) is 4.12. The normalized spacial score (nSPS) is 14.7. The van der Waals surface area contributed by atoms with Gasteiger partial charge in [-0.1, -0.05) is 13.0 Å². The highest BCUT2D eigenvalue weighted by atomic mass is 32.2.